The fourth-order valence-electron chi connectivity index (χ4n) is 2.49. The molecular formula is C18H19FN6O2S. The van der Waals surface area contributed by atoms with E-state index >= 15 is 0 Å². The van der Waals surface area contributed by atoms with E-state index in [0.717, 1.165) is 21.9 Å². The third-order valence-electron chi connectivity index (χ3n) is 3.88. The molecule has 0 aliphatic heterocycles. The third-order valence-corrected chi connectivity index (χ3v) is 4.41. The first-order chi connectivity index (χ1) is 13.5. The van der Waals surface area contributed by atoms with E-state index in [4.69, 9.17) is 26.0 Å². The first kappa shape index (κ1) is 19.8. The van der Waals surface area contributed by atoms with Crippen LogP contribution in [0.15, 0.2) is 63.6 Å². The molecule has 0 aliphatic rings. The summed E-state index contributed by atoms with van der Waals surface area (Å²) in [6.07, 6.45) is 0. The Hall–Kier alpha value is -2.92. The maximum atomic E-state index is 14.1. The number of halogens is 1. The zero-order valence-corrected chi connectivity index (χ0v) is 15.8. The van der Waals surface area contributed by atoms with Gasteiger partial charge in [0.1, 0.15) is 11.5 Å². The molecule has 0 spiro atoms. The van der Waals surface area contributed by atoms with Gasteiger partial charge in [0.05, 0.1) is 18.0 Å². The van der Waals surface area contributed by atoms with Gasteiger partial charge in [-0.15, -0.1) is 0 Å². The van der Waals surface area contributed by atoms with Gasteiger partial charge in [0.2, 0.25) is 5.82 Å². The number of hydrazine groups is 1. The minimum absolute atomic E-state index is 0.00762. The van der Waals surface area contributed by atoms with Crippen LogP contribution in [-0.2, 0) is 4.74 Å². The van der Waals surface area contributed by atoms with E-state index in [1.807, 2.05) is 24.3 Å². The molecule has 6 N–H and O–H groups in total. The van der Waals surface area contributed by atoms with Crippen LogP contribution in [0.1, 0.15) is 5.89 Å². The molecule has 3 aromatic rings. The molecule has 0 radical (unpaired) electrons. The molecule has 0 unspecified atom stereocenters. The summed E-state index contributed by atoms with van der Waals surface area (Å²) in [6, 6.07) is 13.4. The Morgan fingerprint density at radius 3 is 2.75 bits per heavy atom. The lowest BCUT2D eigenvalue weighted by Gasteiger charge is -2.23. The number of benzene rings is 2. The van der Waals surface area contributed by atoms with Gasteiger partial charge in [-0.3, -0.25) is 10.1 Å². The van der Waals surface area contributed by atoms with Crippen LogP contribution in [0.3, 0.4) is 0 Å². The molecule has 0 aliphatic carbocycles. The predicted molar refractivity (Wildman–Crippen MR) is 106 cm³/mol. The SMILES string of the molecule is COC/C(=C(/N)c1nc(-c2cccc(SN)c2)no1)N(N)c1ccccc1F. The van der Waals surface area contributed by atoms with Gasteiger partial charge in [0.25, 0.3) is 5.89 Å². The van der Waals surface area contributed by atoms with E-state index in [9.17, 15) is 4.39 Å². The molecule has 0 atom stereocenters. The maximum absolute atomic E-state index is 14.1. The fourth-order valence-corrected chi connectivity index (χ4v) is 2.84. The molecule has 3 rings (SSSR count). The van der Waals surface area contributed by atoms with Gasteiger partial charge in [0, 0.05) is 17.6 Å². The minimum atomic E-state index is -0.506. The molecule has 1 heterocycles. The highest BCUT2D eigenvalue weighted by Crippen LogP contribution is 2.25. The summed E-state index contributed by atoms with van der Waals surface area (Å²) in [5.41, 5.74) is 7.39. The van der Waals surface area contributed by atoms with Crippen molar-refractivity contribution in [1.82, 2.24) is 10.1 Å². The summed E-state index contributed by atoms with van der Waals surface area (Å²) in [6.45, 7) is 0.00762. The average Bonchev–Trinajstić information content (AvgIpc) is 3.22. The second-order valence-electron chi connectivity index (χ2n) is 5.68. The zero-order chi connectivity index (χ0) is 20.1. The van der Waals surface area contributed by atoms with E-state index in [1.54, 1.807) is 12.1 Å². The summed E-state index contributed by atoms with van der Waals surface area (Å²) in [7, 11) is 1.47. The standard InChI is InChI=1S/C18H19FN6O2S/c1-26-10-15(25(21)14-8-3-2-7-13(14)19)16(20)18-23-17(24-27-18)11-5-4-6-12(9-11)28-22/h2-9H,10,20-22H2,1H3/b16-15-. The lowest BCUT2D eigenvalue weighted by atomic mass is 10.2. The highest BCUT2D eigenvalue weighted by Gasteiger charge is 2.20. The van der Waals surface area contributed by atoms with Gasteiger partial charge < -0.3 is 15.0 Å². The van der Waals surface area contributed by atoms with Crippen LogP contribution in [0.5, 0.6) is 0 Å². The summed E-state index contributed by atoms with van der Waals surface area (Å²) in [4.78, 5) is 5.16. The lowest BCUT2D eigenvalue weighted by Crippen LogP contribution is -2.35. The summed E-state index contributed by atoms with van der Waals surface area (Å²) >= 11 is 1.11. The Labute approximate surface area is 165 Å². The first-order valence-corrected chi connectivity index (χ1v) is 9.01. The number of aromatic nitrogens is 2. The molecule has 0 fully saturated rings. The Bertz CT molecular complexity index is 993. The van der Waals surface area contributed by atoms with Crippen LogP contribution in [0.25, 0.3) is 17.1 Å². The van der Waals surface area contributed by atoms with Gasteiger partial charge >= 0.3 is 0 Å². The fraction of sp³-hybridized carbons (Fsp3) is 0.111. The number of anilines is 1. The molecule has 0 bridgehead atoms. The summed E-state index contributed by atoms with van der Waals surface area (Å²) in [5, 5.41) is 10.6. The number of nitrogens with two attached hydrogens (primary N) is 3. The largest absolute Gasteiger partial charge is 0.393 e. The molecule has 1 aromatic heterocycles. The highest BCUT2D eigenvalue weighted by atomic mass is 32.2. The zero-order valence-electron chi connectivity index (χ0n) is 15.0. The lowest BCUT2D eigenvalue weighted by molar-refractivity contribution is 0.223. The smallest absolute Gasteiger partial charge is 0.276 e. The monoisotopic (exact) mass is 402 g/mol. The normalized spacial score (nSPS) is 12.0. The summed E-state index contributed by atoms with van der Waals surface area (Å²) in [5.74, 6) is 5.96. The van der Waals surface area contributed by atoms with E-state index in [-0.39, 0.29) is 29.6 Å². The Balaban J connectivity index is 1.98. The molecule has 2 aromatic carbocycles. The quantitative estimate of drug-likeness (QED) is 0.310. The van der Waals surface area contributed by atoms with Crippen molar-refractivity contribution in [2.45, 2.75) is 4.90 Å². The third kappa shape index (κ3) is 4.15. The molecule has 0 saturated carbocycles. The Kier molecular flexibility index (Phi) is 6.26. The molecular weight excluding hydrogens is 383 g/mol. The van der Waals surface area contributed by atoms with Crippen LogP contribution in [0.4, 0.5) is 10.1 Å². The van der Waals surface area contributed by atoms with Gasteiger partial charge in [-0.2, -0.15) is 4.98 Å². The van der Waals surface area contributed by atoms with Crippen molar-refractivity contribution in [3.05, 3.63) is 65.9 Å². The van der Waals surface area contributed by atoms with Crippen LogP contribution in [0.2, 0.25) is 0 Å². The number of hydrogen-bond acceptors (Lipinski definition) is 9. The predicted octanol–water partition coefficient (Wildman–Crippen LogP) is 2.50. The van der Waals surface area contributed by atoms with Gasteiger partial charge in [-0.25, -0.2) is 10.2 Å². The number of ether oxygens (including phenoxy) is 1. The van der Waals surface area contributed by atoms with E-state index in [0.29, 0.717) is 11.4 Å². The van der Waals surface area contributed by atoms with Crippen molar-refractivity contribution >= 4 is 23.3 Å². The minimum Gasteiger partial charge on any atom is -0.393 e. The van der Waals surface area contributed by atoms with Crippen LogP contribution in [0, 0.1) is 5.82 Å². The second-order valence-corrected chi connectivity index (χ2v) is 6.39. The number of hydrogen-bond donors (Lipinski definition) is 3. The van der Waals surface area contributed by atoms with Crippen molar-refractivity contribution < 1.29 is 13.7 Å². The van der Waals surface area contributed by atoms with Crippen molar-refractivity contribution in [3.63, 3.8) is 0 Å². The summed E-state index contributed by atoms with van der Waals surface area (Å²) < 4.78 is 24.6. The number of methoxy groups -OCH3 is 1. The van der Waals surface area contributed by atoms with Gasteiger partial charge in [-0.05, 0) is 36.2 Å². The number of para-hydroxylation sites is 1. The van der Waals surface area contributed by atoms with E-state index in [1.165, 1.54) is 19.2 Å². The van der Waals surface area contributed by atoms with Crippen molar-refractivity contribution in [2.75, 3.05) is 18.7 Å². The molecule has 28 heavy (non-hydrogen) atoms. The Morgan fingerprint density at radius 1 is 1.25 bits per heavy atom. The molecule has 146 valence electrons. The maximum Gasteiger partial charge on any atom is 0.276 e. The van der Waals surface area contributed by atoms with Crippen molar-refractivity contribution in [3.8, 4) is 11.4 Å². The molecule has 8 nitrogen and oxygen atoms in total. The van der Waals surface area contributed by atoms with Crippen LogP contribution < -0.4 is 21.7 Å². The highest BCUT2D eigenvalue weighted by molar-refractivity contribution is 7.97. The Morgan fingerprint density at radius 2 is 2.04 bits per heavy atom. The van der Waals surface area contributed by atoms with Crippen molar-refractivity contribution in [1.29, 1.82) is 0 Å². The van der Waals surface area contributed by atoms with E-state index < -0.39 is 5.82 Å². The molecule has 0 saturated heterocycles. The van der Waals surface area contributed by atoms with Crippen LogP contribution in [-0.4, -0.2) is 23.9 Å². The topological polar surface area (TPSA) is 129 Å². The first-order valence-electron chi connectivity index (χ1n) is 8.13. The van der Waals surface area contributed by atoms with Gasteiger partial charge in [-0.1, -0.05) is 29.4 Å². The van der Waals surface area contributed by atoms with Crippen LogP contribution >= 0.6 is 11.9 Å². The molecule has 0 amide bonds. The number of nitrogens with zero attached hydrogens (tertiary/aromatic N) is 3. The average molecular weight is 402 g/mol. The molecule has 10 heteroatoms. The van der Waals surface area contributed by atoms with Gasteiger partial charge in [0.15, 0.2) is 0 Å². The van der Waals surface area contributed by atoms with Crippen molar-refractivity contribution in [2.24, 2.45) is 16.7 Å². The number of rotatable bonds is 7. The van der Waals surface area contributed by atoms with E-state index in [2.05, 4.69) is 10.1 Å². The second kappa shape index (κ2) is 8.85.